The van der Waals surface area contributed by atoms with Gasteiger partial charge >= 0.3 is 0 Å². The van der Waals surface area contributed by atoms with Crippen LogP contribution >= 0.6 is 0 Å². The Balaban J connectivity index is 2.27. The first-order valence-electron chi connectivity index (χ1n) is 5.88. The molecule has 3 nitrogen and oxygen atoms in total. The summed E-state index contributed by atoms with van der Waals surface area (Å²) in [7, 11) is 1.75. The van der Waals surface area contributed by atoms with Crippen molar-refractivity contribution in [3.8, 4) is 0 Å². The molecule has 1 atom stereocenters. The minimum atomic E-state index is -0.866. The molecule has 0 saturated carbocycles. The van der Waals surface area contributed by atoms with Crippen molar-refractivity contribution in [2.24, 2.45) is 5.73 Å². The van der Waals surface area contributed by atoms with Gasteiger partial charge in [0.15, 0.2) is 0 Å². The third-order valence-electron chi connectivity index (χ3n) is 3.62. The van der Waals surface area contributed by atoms with Crippen LogP contribution in [0.1, 0.15) is 21.5 Å². The number of fused-ring (bicyclic) bond motifs is 1. The summed E-state index contributed by atoms with van der Waals surface area (Å²) in [5, 5.41) is 0. The number of rotatable bonds is 1. The Morgan fingerprint density at radius 3 is 2.33 bits per heavy atom. The largest absolute Gasteiger partial charge is 0.315 e. The van der Waals surface area contributed by atoms with Crippen LogP contribution < -0.4 is 5.73 Å². The summed E-state index contributed by atoms with van der Waals surface area (Å²) in [5.74, 6) is -0.0306. The predicted molar refractivity (Wildman–Crippen MR) is 69.9 cm³/mol. The number of carbonyl (C=O) groups excluding carboxylic acids is 1. The summed E-state index contributed by atoms with van der Waals surface area (Å²) in [4.78, 5) is 13.8. The average molecular weight is 238 g/mol. The second-order valence-corrected chi connectivity index (χ2v) is 4.54. The predicted octanol–water partition coefficient (Wildman–Crippen LogP) is 1.93. The Kier molecular flexibility index (Phi) is 2.25. The highest BCUT2D eigenvalue weighted by Gasteiger charge is 2.45. The zero-order chi connectivity index (χ0) is 12.8. The van der Waals surface area contributed by atoms with Gasteiger partial charge < -0.3 is 10.6 Å². The average Bonchev–Trinajstić information content (AvgIpc) is 2.64. The second kappa shape index (κ2) is 3.68. The van der Waals surface area contributed by atoms with E-state index in [0.717, 1.165) is 11.1 Å². The molecule has 18 heavy (non-hydrogen) atoms. The van der Waals surface area contributed by atoms with Crippen LogP contribution in [0.2, 0.25) is 0 Å². The highest BCUT2D eigenvalue weighted by molar-refractivity contribution is 6.00. The molecule has 0 aliphatic carbocycles. The molecule has 0 saturated heterocycles. The number of hydrogen-bond donors (Lipinski definition) is 1. The van der Waals surface area contributed by atoms with Crippen molar-refractivity contribution in [2.45, 2.75) is 5.66 Å². The molecule has 2 N–H and O–H groups in total. The van der Waals surface area contributed by atoms with Crippen molar-refractivity contribution in [3.05, 3.63) is 71.3 Å². The van der Waals surface area contributed by atoms with Crippen LogP contribution in [0.15, 0.2) is 54.6 Å². The van der Waals surface area contributed by atoms with Gasteiger partial charge in [-0.05, 0) is 11.6 Å². The van der Waals surface area contributed by atoms with Crippen molar-refractivity contribution in [1.29, 1.82) is 0 Å². The number of hydrogen-bond acceptors (Lipinski definition) is 2. The van der Waals surface area contributed by atoms with E-state index in [2.05, 4.69) is 0 Å². The number of carbonyl (C=O) groups is 1. The zero-order valence-electron chi connectivity index (χ0n) is 10.1. The van der Waals surface area contributed by atoms with Gasteiger partial charge in [0.05, 0.1) is 0 Å². The number of benzene rings is 2. The van der Waals surface area contributed by atoms with Gasteiger partial charge in [0, 0.05) is 18.2 Å². The summed E-state index contributed by atoms with van der Waals surface area (Å²) in [5.41, 5.74) is 8.14. The molecule has 1 aliphatic heterocycles. The molecule has 90 valence electrons. The van der Waals surface area contributed by atoms with E-state index in [0.29, 0.717) is 5.56 Å². The molecule has 1 aliphatic rings. The maximum Gasteiger partial charge on any atom is 0.256 e. The molecule has 0 unspecified atom stereocenters. The second-order valence-electron chi connectivity index (χ2n) is 4.54. The Hall–Kier alpha value is -2.13. The SMILES string of the molecule is CN1C(=O)c2ccccc2[C@]1(N)c1ccccc1. The lowest BCUT2D eigenvalue weighted by molar-refractivity contribution is 0.0702. The molecule has 1 amide bonds. The molecule has 0 fully saturated rings. The van der Waals surface area contributed by atoms with Crippen molar-refractivity contribution < 1.29 is 4.79 Å². The minimum absolute atomic E-state index is 0.0306. The van der Waals surface area contributed by atoms with E-state index in [-0.39, 0.29) is 5.91 Å². The Bertz CT molecular complexity index is 609. The summed E-state index contributed by atoms with van der Waals surface area (Å²) < 4.78 is 0. The fourth-order valence-electron chi connectivity index (χ4n) is 2.56. The number of amides is 1. The van der Waals surface area contributed by atoms with Gasteiger partial charge in [0.25, 0.3) is 5.91 Å². The van der Waals surface area contributed by atoms with Gasteiger partial charge in [-0.3, -0.25) is 4.79 Å². The van der Waals surface area contributed by atoms with Gasteiger partial charge in [-0.1, -0.05) is 48.5 Å². The maximum absolute atomic E-state index is 12.2. The summed E-state index contributed by atoms with van der Waals surface area (Å²) in [6.45, 7) is 0. The van der Waals surface area contributed by atoms with Crippen molar-refractivity contribution in [2.75, 3.05) is 7.05 Å². The molecular weight excluding hydrogens is 224 g/mol. The van der Waals surface area contributed by atoms with Crippen LogP contribution in [0, 0.1) is 0 Å². The molecule has 2 aromatic rings. The highest BCUT2D eigenvalue weighted by Crippen LogP contribution is 2.38. The van der Waals surface area contributed by atoms with E-state index >= 15 is 0 Å². The van der Waals surface area contributed by atoms with Gasteiger partial charge in [-0.15, -0.1) is 0 Å². The van der Waals surface area contributed by atoms with Gasteiger partial charge in [-0.2, -0.15) is 0 Å². The normalized spacial score (nSPS) is 22.1. The van der Waals surface area contributed by atoms with E-state index in [1.54, 1.807) is 11.9 Å². The van der Waals surface area contributed by atoms with Crippen molar-refractivity contribution in [1.82, 2.24) is 4.90 Å². The van der Waals surface area contributed by atoms with Crippen LogP contribution in [0.5, 0.6) is 0 Å². The first kappa shape index (κ1) is 11.0. The van der Waals surface area contributed by atoms with Crippen molar-refractivity contribution in [3.63, 3.8) is 0 Å². The lowest BCUT2D eigenvalue weighted by Gasteiger charge is -2.33. The third kappa shape index (κ3) is 1.25. The molecular formula is C15H14N2O. The fraction of sp³-hybridized carbons (Fsp3) is 0.133. The smallest absolute Gasteiger partial charge is 0.256 e. The van der Waals surface area contributed by atoms with Crippen LogP contribution in [-0.4, -0.2) is 17.9 Å². The molecule has 2 aromatic carbocycles. The molecule has 1 heterocycles. The maximum atomic E-state index is 12.2. The lowest BCUT2D eigenvalue weighted by atomic mass is 9.92. The summed E-state index contributed by atoms with van der Waals surface area (Å²) in [6.07, 6.45) is 0. The monoisotopic (exact) mass is 238 g/mol. The van der Waals surface area contributed by atoms with Gasteiger partial charge in [0.2, 0.25) is 0 Å². The highest BCUT2D eigenvalue weighted by atomic mass is 16.2. The fourth-order valence-corrected chi connectivity index (χ4v) is 2.56. The van der Waals surface area contributed by atoms with E-state index in [1.807, 2.05) is 54.6 Å². The van der Waals surface area contributed by atoms with E-state index < -0.39 is 5.66 Å². The van der Waals surface area contributed by atoms with Crippen LogP contribution in [0.25, 0.3) is 0 Å². The van der Waals surface area contributed by atoms with Gasteiger partial charge in [0.1, 0.15) is 5.66 Å². The molecule has 0 aromatic heterocycles. The van der Waals surface area contributed by atoms with Crippen LogP contribution in [0.3, 0.4) is 0 Å². The first-order chi connectivity index (χ1) is 8.65. The minimum Gasteiger partial charge on any atom is -0.315 e. The lowest BCUT2D eigenvalue weighted by Crippen LogP contribution is -2.49. The summed E-state index contributed by atoms with van der Waals surface area (Å²) in [6, 6.07) is 17.2. The Labute approximate surface area is 106 Å². The van der Waals surface area contributed by atoms with E-state index in [4.69, 9.17) is 5.73 Å². The standard InChI is InChI=1S/C15H14N2O/c1-17-14(18)12-9-5-6-10-13(12)15(17,16)11-7-3-2-4-8-11/h2-10H,16H2,1H3/t15-/m0/s1. The quantitative estimate of drug-likeness (QED) is 0.825. The van der Waals surface area contributed by atoms with E-state index in [1.165, 1.54) is 0 Å². The molecule has 3 heteroatoms. The van der Waals surface area contributed by atoms with E-state index in [9.17, 15) is 4.79 Å². The van der Waals surface area contributed by atoms with Crippen LogP contribution in [0.4, 0.5) is 0 Å². The molecule has 3 rings (SSSR count). The van der Waals surface area contributed by atoms with Crippen molar-refractivity contribution >= 4 is 5.91 Å². The molecule has 0 radical (unpaired) electrons. The Morgan fingerprint density at radius 2 is 1.61 bits per heavy atom. The first-order valence-corrected chi connectivity index (χ1v) is 5.88. The molecule has 0 bridgehead atoms. The number of nitrogens with zero attached hydrogens (tertiary/aromatic N) is 1. The third-order valence-corrected chi connectivity index (χ3v) is 3.62. The zero-order valence-corrected chi connectivity index (χ0v) is 10.1. The number of nitrogens with two attached hydrogens (primary N) is 1. The Morgan fingerprint density at radius 1 is 1.00 bits per heavy atom. The molecule has 0 spiro atoms. The summed E-state index contributed by atoms with van der Waals surface area (Å²) >= 11 is 0. The van der Waals surface area contributed by atoms with Crippen LogP contribution in [-0.2, 0) is 5.66 Å². The topological polar surface area (TPSA) is 46.3 Å². The van der Waals surface area contributed by atoms with Gasteiger partial charge in [-0.25, -0.2) is 0 Å².